The zero-order valence-corrected chi connectivity index (χ0v) is 13.8. The minimum Gasteiger partial charge on any atom is -0.385 e. The fourth-order valence-electron chi connectivity index (χ4n) is 3.94. The van der Waals surface area contributed by atoms with Gasteiger partial charge in [0.2, 0.25) is 0 Å². The molecule has 0 aromatic heterocycles. The number of hydrogen-bond donors (Lipinski definition) is 1. The molecular formula is C17H34N2O. The molecule has 0 amide bonds. The number of rotatable bonds is 6. The molecule has 2 fully saturated rings. The topological polar surface area (TPSA) is 24.5 Å². The van der Waals surface area contributed by atoms with Crippen LogP contribution in [0.4, 0.5) is 0 Å². The first-order chi connectivity index (χ1) is 9.64. The zero-order chi connectivity index (χ0) is 14.5. The lowest BCUT2D eigenvalue weighted by Gasteiger charge is -2.55. The first kappa shape index (κ1) is 16.3. The van der Waals surface area contributed by atoms with Crippen LogP contribution in [0.5, 0.6) is 0 Å². The minimum atomic E-state index is 0.309. The molecule has 3 heteroatoms. The maximum atomic E-state index is 5.20. The molecule has 1 aliphatic heterocycles. The molecular weight excluding hydrogens is 248 g/mol. The smallest absolute Gasteiger partial charge is 0.0462 e. The second-order valence-electron chi connectivity index (χ2n) is 7.17. The van der Waals surface area contributed by atoms with Gasteiger partial charge in [0, 0.05) is 37.9 Å². The molecule has 3 nitrogen and oxygen atoms in total. The lowest BCUT2D eigenvalue weighted by atomic mass is 9.76. The molecule has 2 aliphatic rings. The second-order valence-corrected chi connectivity index (χ2v) is 7.17. The van der Waals surface area contributed by atoms with Crippen LogP contribution < -0.4 is 5.32 Å². The van der Waals surface area contributed by atoms with Gasteiger partial charge in [-0.3, -0.25) is 4.90 Å². The van der Waals surface area contributed by atoms with Crippen molar-refractivity contribution in [2.24, 2.45) is 0 Å². The molecule has 0 radical (unpaired) electrons. The Morgan fingerprint density at radius 1 is 1.15 bits per heavy atom. The molecule has 2 rings (SSSR count). The lowest BCUT2D eigenvalue weighted by molar-refractivity contribution is -0.0172. The summed E-state index contributed by atoms with van der Waals surface area (Å²) >= 11 is 0. The maximum Gasteiger partial charge on any atom is 0.0462 e. The van der Waals surface area contributed by atoms with Crippen LogP contribution >= 0.6 is 0 Å². The van der Waals surface area contributed by atoms with Gasteiger partial charge >= 0.3 is 0 Å². The van der Waals surface area contributed by atoms with Crippen molar-refractivity contribution in [3.8, 4) is 0 Å². The SMILES string of the molecule is CCC1(C)CN(CCCCOC)C2(CCCCC2)CN1. The van der Waals surface area contributed by atoms with E-state index in [1.807, 2.05) is 7.11 Å². The van der Waals surface area contributed by atoms with Crippen LogP contribution in [0.15, 0.2) is 0 Å². The van der Waals surface area contributed by atoms with E-state index in [1.165, 1.54) is 71.0 Å². The van der Waals surface area contributed by atoms with Gasteiger partial charge in [-0.15, -0.1) is 0 Å². The third-order valence-corrected chi connectivity index (χ3v) is 5.65. The van der Waals surface area contributed by atoms with Crippen molar-refractivity contribution in [1.82, 2.24) is 10.2 Å². The lowest BCUT2D eigenvalue weighted by Crippen LogP contribution is -2.69. The van der Waals surface area contributed by atoms with Crippen LogP contribution in [0.25, 0.3) is 0 Å². The van der Waals surface area contributed by atoms with Crippen molar-refractivity contribution >= 4 is 0 Å². The minimum absolute atomic E-state index is 0.309. The maximum absolute atomic E-state index is 5.20. The van der Waals surface area contributed by atoms with Gasteiger partial charge < -0.3 is 10.1 Å². The first-order valence-electron chi connectivity index (χ1n) is 8.63. The molecule has 0 bridgehead atoms. The predicted molar refractivity (Wildman–Crippen MR) is 85.2 cm³/mol. The standard InChI is InChI=1S/C17H34N2O/c1-4-16(2)15-19(12-8-9-13-20-3)17(14-18-16)10-6-5-7-11-17/h18H,4-15H2,1-3H3. The summed E-state index contributed by atoms with van der Waals surface area (Å²) in [4.78, 5) is 2.84. The summed E-state index contributed by atoms with van der Waals surface area (Å²) in [5.74, 6) is 0. The number of unbranched alkanes of at least 4 members (excludes halogenated alkanes) is 1. The van der Waals surface area contributed by atoms with Gasteiger partial charge in [-0.25, -0.2) is 0 Å². The Balaban J connectivity index is 1.98. The molecule has 1 N–H and O–H groups in total. The van der Waals surface area contributed by atoms with E-state index in [9.17, 15) is 0 Å². The monoisotopic (exact) mass is 282 g/mol. The highest BCUT2D eigenvalue weighted by Crippen LogP contribution is 2.37. The van der Waals surface area contributed by atoms with Crippen molar-refractivity contribution in [2.75, 3.05) is 33.4 Å². The summed E-state index contributed by atoms with van der Waals surface area (Å²) in [5.41, 5.74) is 0.768. The van der Waals surface area contributed by atoms with Crippen LogP contribution in [-0.4, -0.2) is 49.3 Å². The van der Waals surface area contributed by atoms with Gasteiger partial charge in [0.15, 0.2) is 0 Å². The van der Waals surface area contributed by atoms with Crippen molar-refractivity contribution in [1.29, 1.82) is 0 Å². The van der Waals surface area contributed by atoms with Crippen LogP contribution in [0.2, 0.25) is 0 Å². The van der Waals surface area contributed by atoms with Crippen molar-refractivity contribution in [2.45, 2.75) is 76.3 Å². The van der Waals surface area contributed by atoms with E-state index in [4.69, 9.17) is 4.74 Å². The molecule has 1 heterocycles. The summed E-state index contributed by atoms with van der Waals surface area (Å²) in [6, 6.07) is 0. The summed E-state index contributed by atoms with van der Waals surface area (Å²) in [5, 5.41) is 3.87. The number of nitrogens with one attached hydrogen (secondary N) is 1. The van der Waals surface area contributed by atoms with Crippen LogP contribution in [0.1, 0.15) is 65.2 Å². The van der Waals surface area contributed by atoms with E-state index in [0.29, 0.717) is 11.1 Å². The molecule has 0 aromatic rings. The zero-order valence-electron chi connectivity index (χ0n) is 13.8. The Kier molecular flexibility index (Phi) is 5.88. The number of ether oxygens (including phenoxy) is 1. The van der Waals surface area contributed by atoms with E-state index >= 15 is 0 Å². The molecule has 118 valence electrons. The molecule has 1 saturated heterocycles. The van der Waals surface area contributed by atoms with Crippen LogP contribution in [0, 0.1) is 0 Å². The highest BCUT2D eigenvalue weighted by molar-refractivity contribution is 5.04. The van der Waals surface area contributed by atoms with Crippen molar-refractivity contribution < 1.29 is 4.74 Å². The van der Waals surface area contributed by atoms with E-state index in [-0.39, 0.29) is 0 Å². The number of nitrogens with zero attached hydrogens (tertiary/aromatic N) is 1. The summed E-state index contributed by atoms with van der Waals surface area (Å²) < 4.78 is 5.20. The van der Waals surface area contributed by atoms with E-state index < -0.39 is 0 Å². The predicted octanol–water partition coefficient (Wildman–Crippen LogP) is 3.19. The highest BCUT2D eigenvalue weighted by Gasteiger charge is 2.44. The fraction of sp³-hybridized carbons (Fsp3) is 1.00. The van der Waals surface area contributed by atoms with Gasteiger partial charge in [-0.05, 0) is 45.6 Å². The second kappa shape index (κ2) is 7.24. The first-order valence-corrected chi connectivity index (χ1v) is 8.63. The molecule has 0 aromatic carbocycles. The highest BCUT2D eigenvalue weighted by atomic mass is 16.5. The van der Waals surface area contributed by atoms with E-state index in [1.54, 1.807) is 0 Å². The number of methoxy groups -OCH3 is 1. The molecule has 1 atom stereocenters. The van der Waals surface area contributed by atoms with Crippen molar-refractivity contribution in [3.05, 3.63) is 0 Å². The summed E-state index contributed by atoms with van der Waals surface area (Å²) in [6.45, 7) is 9.28. The number of piperazine rings is 1. The molecule has 1 spiro atoms. The van der Waals surface area contributed by atoms with Gasteiger partial charge in [-0.2, -0.15) is 0 Å². The van der Waals surface area contributed by atoms with Crippen LogP contribution in [0.3, 0.4) is 0 Å². The van der Waals surface area contributed by atoms with Gasteiger partial charge in [-0.1, -0.05) is 26.2 Å². The Labute approximate surface area is 125 Å². The Morgan fingerprint density at radius 3 is 2.55 bits per heavy atom. The Hall–Kier alpha value is -0.120. The quantitative estimate of drug-likeness (QED) is 0.757. The molecule has 1 saturated carbocycles. The Bertz CT molecular complexity index is 289. The third-order valence-electron chi connectivity index (χ3n) is 5.65. The molecule has 1 unspecified atom stereocenters. The van der Waals surface area contributed by atoms with Crippen molar-refractivity contribution in [3.63, 3.8) is 0 Å². The average Bonchev–Trinajstić information content (AvgIpc) is 2.49. The normalized spacial score (nSPS) is 30.8. The third kappa shape index (κ3) is 3.75. The van der Waals surface area contributed by atoms with Crippen LogP contribution in [-0.2, 0) is 4.74 Å². The van der Waals surface area contributed by atoms with E-state index in [0.717, 1.165) is 6.61 Å². The van der Waals surface area contributed by atoms with Gasteiger partial charge in [0.1, 0.15) is 0 Å². The summed E-state index contributed by atoms with van der Waals surface area (Å²) in [6.07, 6.45) is 10.7. The summed E-state index contributed by atoms with van der Waals surface area (Å²) in [7, 11) is 1.81. The average molecular weight is 282 g/mol. The Morgan fingerprint density at radius 2 is 1.90 bits per heavy atom. The van der Waals surface area contributed by atoms with Gasteiger partial charge in [0.25, 0.3) is 0 Å². The number of hydrogen-bond acceptors (Lipinski definition) is 3. The molecule has 1 aliphatic carbocycles. The molecule has 20 heavy (non-hydrogen) atoms. The van der Waals surface area contributed by atoms with Gasteiger partial charge in [0.05, 0.1) is 0 Å². The fourth-order valence-corrected chi connectivity index (χ4v) is 3.94. The van der Waals surface area contributed by atoms with E-state index in [2.05, 4.69) is 24.1 Å². The largest absolute Gasteiger partial charge is 0.385 e.